The Morgan fingerprint density at radius 1 is 1.29 bits per heavy atom. The molecule has 1 aliphatic rings. The quantitative estimate of drug-likeness (QED) is 0.714. The smallest absolute Gasteiger partial charge is 0.329 e. The van der Waals surface area contributed by atoms with Crippen LogP contribution < -0.4 is 5.32 Å². The number of carbonyl (C=O) groups excluding carboxylic acids is 1. The molecule has 24 heavy (non-hydrogen) atoms. The largest absolute Gasteiger partial charge is 0.459 e. The number of nitrogens with one attached hydrogen (secondary N) is 1. The summed E-state index contributed by atoms with van der Waals surface area (Å²) in [6, 6.07) is 9.62. The Hall–Kier alpha value is -1.43. The zero-order valence-corrected chi connectivity index (χ0v) is 15.0. The molecular weight excluding hydrogens is 306 g/mol. The van der Waals surface area contributed by atoms with Crippen molar-refractivity contribution in [1.29, 1.82) is 0 Å². The topological polar surface area (TPSA) is 67.8 Å². The van der Waals surface area contributed by atoms with Crippen LogP contribution in [0.1, 0.15) is 45.2 Å². The number of esters is 1. The highest BCUT2D eigenvalue weighted by Crippen LogP contribution is 2.42. The van der Waals surface area contributed by atoms with E-state index in [1.165, 1.54) is 0 Å². The second-order valence-corrected chi connectivity index (χ2v) is 7.47. The summed E-state index contributed by atoms with van der Waals surface area (Å²) in [6.45, 7) is 5.62. The fraction of sp³-hybridized carbons (Fsp3) is 0.632. The van der Waals surface area contributed by atoms with Gasteiger partial charge in [0.1, 0.15) is 11.1 Å². The highest BCUT2D eigenvalue weighted by Gasteiger charge is 2.53. The normalized spacial score (nSPS) is 18.7. The summed E-state index contributed by atoms with van der Waals surface area (Å²) < 4.78 is 10.9. The molecule has 134 valence electrons. The zero-order valence-electron chi connectivity index (χ0n) is 15.0. The summed E-state index contributed by atoms with van der Waals surface area (Å²) in [5, 5.41) is 13.5. The molecule has 0 amide bonds. The third-order valence-corrected chi connectivity index (χ3v) is 4.25. The first-order chi connectivity index (χ1) is 11.3. The van der Waals surface area contributed by atoms with Gasteiger partial charge in [-0.25, -0.2) is 4.79 Å². The van der Waals surface area contributed by atoms with Crippen molar-refractivity contribution in [2.45, 2.75) is 50.8 Å². The molecule has 2 N–H and O–H groups in total. The van der Waals surface area contributed by atoms with Crippen LogP contribution in [0.2, 0.25) is 0 Å². The SMILES string of the molecule is COC[C@H](N[C@](CO)(C(=O)OC(C)(C)C)C1CC1)c1ccccc1. The molecule has 1 aliphatic carbocycles. The number of aliphatic hydroxyl groups excluding tert-OH is 1. The Morgan fingerprint density at radius 3 is 2.38 bits per heavy atom. The van der Waals surface area contributed by atoms with E-state index in [2.05, 4.69) is 5.32 Å². The zero-order chi connectivity index (χ0) is 17.8. The van der Waals surface area contributed by atoms with Crippen LogP contribution in [0.15, 0.2) is 30.3 Å². The maximum atomic E-state index is 12.9. The van der Waals surface area contributed by atoms with Crippen LogP contribution in [0.25, 0.3) is 0 Å². The summed E-state index contributed by atoms with van der Waals surface area (Å²) in [4.78, 5) is 12.9. The lowest BCUT2D eigenvalue weighted by Crippen LogP contribution is -2.60. The first-order valence-electron chi connectivity index (χ1n) is 8.48. The van der Waals surface area contributed by atoms with Crippen molar-refractivity contribution in [2.24, 2.45) is 5.92 Å². The summed E-state index contributed by atoms with van der Waals surface area (Å²) in [7, 11) is 1.63. The molecule has 2 atom stereocenters. The molecule has 0 aliphatic heterocycles. The van der Waals surface area contributed by atoms with E-state index in [9.17, 15) is 9.90 Å². The van der Waals surface area contributed by atoms with Crippen molar-refractivity contribution in [3.05, 3.63) is 35.9 Å². The fourth-order valence-corrected chi connectivity index (χ4v) is 2.91. The minimum absolute atomic E-state index is 0.0837. The van der Waals surface area contributed by atoms with Crippen molar-refractivity contribution >= 4 is 5.97 Å². The van der Waals surface area contributed by atoms with E-state index in [0.29, 0.717) is 6.61 Å². The van der Waals surface area contributed by atoms with Gasteiger partial charge in [0.15, 0.2) is 0 Å². The van der Waals surface area contributed by atoms with E-state index in [4.69, 9.17) is 9.47 Å². The molecule has 0 unspecified atom stereocenters. The number of hydrogen-bond acceptors (Lipinski definition) is 5. The highest BCUT2D eigenvalue weighted by atomic mass is 16.6. The van der Waals surface area contributed by atoms with Gasteiger partial charge in [0.25, 0.3) is 0 Å². The van der Waals surface area contributed by atoms with Crippen molar-refractivity contribution in [3.63, 3.8) is 0 Å². The molecule has 0 spiro atoms. The minimum Gasteiger partial charge on any atom is -0.459 e. The average molecular weight is 335 g/mol. The van der Waals surface area contributed by atoms with Gasteiger partial charge >= 0.3 is 5.97 Å². The maximum absolute atomic E-state index is 12.9. The Kier molecular flexibility index (Phi) is 6.01. The van der Waals surface area contributed by atoms with Crippen LogP contribution in [0, 0.1) is 5.92 Å². The molecule has 5 nitrogen and oxygen atoms in total. The van der Waals surface area contributed by atoms with Gasteiger partial charge in [0, 0.05) is 7.11 Å². The summed E-state index contributed by atoms with van der Waals surface area (Å²) >= 11 is 0. The standard InChI is InChI=1S/C19H29NO4/c1-18(2,3)24-17(22)19(13-21,15-10-11-15)20-16(12-23-4)14-8-6-5-7-9-14/h5-9,15-16,20-21H,10-13H2,1-4H3/t16-,19-/m0/s1. The van der Waals surface area contributed by atoms with Gasteiger partial charge in [-0.3, -0.25) is 5.32 Å². The van der Waals surface area contributed by atoms with Crippen LogP contribution in [0.4, 0.5) is 0 Å². The molecule has 0 aromatic heterocycles. The Balaban J connectivity index is 2.28. The molecule has 0 heterocycles. The summed E-state index contributed by atoms with van der Waals surface area (Å²) in [5.74, 6) is -0.308. The van der Waals surface area contributed by atoms with Crippen molar-refractivity contribution < 1.29 is 19.4 Å². The summed E-state index contributed by atoms with van der Waals surface area (Å²) in [5.41, 5.74) is -0.675. The fourth-order valence-electron chi connectivity index (χ4n) is 2.91. The number of benzene rings is 1. The first kappa shape index (κ1) is 18.9. The van der Waals surface area contributed by atoms with Crippen molar-refractivity contribution in [3.8, 4) is 0 Å². The number of methoxy groups -OCH3 is 1. The molecule has 1 saturated carbocycles. The number of rotatable bonds is 8. The minimum atomic E-state index is -1.09. The monoisotopic (exact) mass is 335 g/mol. The van der Waals surface area contributed by atoms with Gasteiger partial charge in [-0.05, 0) is 45.1 Å². The second-order valence-electron chi connectivity index (χ2n) is 7.47. The van der Waals surface area contributed by atoms with Crippen LogP contribution in [0.5, 0.6) is 0 Å². The molecule has 1 fully saturated rings. The Bertz CT molecular complexity index is 536. The highest BCUT2D eigenvalue weighted by molar-refractivity contribution is 5.82. The molecule has 0 bridgehead atoms. The van der Waals surface area contributed by atoms with E-state index in [1.54, 1.807) is 7.11 Å². The van der Waals surface area contributed by atoms with E-state index in [1.807, 2.05) is 51.1 Å². The van der Waals surface area contributed by atoms with E-state index in [-0.39, 0.29) is 18.6 Å². The van der Waals surface area contributed by atoms with Gasteiger partial charge in [0.2, 0.25) is 0 Å². The Morgan fingerprint density at radius 2 is 1.92 bits per heavy atom. The van der Waals surface area contributed by atoms with Gasteiger partial charge in [-0.1, -0.05) is 30.3 Å². The molecule has 0 radical (unpaired) electrons. The van der Waals surface area contributed by atoms with Gasteiger partial charge < -0.3 is 14.6 Å². The molecular formula is C19H29NO4. The van der Waals surface area contributed by atoms with Crippen molar-refractivity contribution in [1.82, 2.24) is 5.32 Å². The first-order valence-corrected chi connectivity index (χ1v) is 8.48. The van der Waals surface area contributed by atoms with Gasteiger partial charge in [0.05, 0.1) is 19.3 Å². The number of hydrogen-bond donors (Lipinski definition) is 2. The second kappa shape index (κ2) is 7.64. The molecule has 1 aromatic carbocycles. The maximum Gasteiger partial charge on any atom is 0.329 e. The van der Waals surface area contributed by atoms with E-state index < -0.39 is 17.1 Å². The predicted molar refractivity (Wildman–Crippen MR) is 92.6 cm³/mol. The lowest BCUT2D eigenvalue weighted by atomic mass is 9.91. The molecule has 2 rings (SSSR count). The lowest BCUT2D eigenvalue weighted by Gasteiger charge is -2.37. The Labute approximate surface area is 144 Å². The number of aliphatic hydroxyl groups is 1. The molecule has 5 heteroatoms. The van der Waals surface area contributed by atoms with Crippen LogP contribution in [0.3, 0.4) is 0 Å². The van der Waals surface area contributed by atoms with Crippen LogP contribution in [-0.4, -0.2) is 42.5 Å². The predicted octanol–water partition coefficient (Wildman–Crippen LogP) is 2.45. The van der Waals surface area contributed by atoms with E-state index >= 15 is 0 Å². The van der Waals surface area contributed by atoms with E-state index in [0.717, 1.165) is 18.4 Å². The van der Waals surface area contributed by atoms with Crippen molar-refractivity contribution in [2.75, 3.05) is 20.3 Å². The van der Waals surface area contributed by atoms with Gasteiger partial charge in [-0.15, -0.1) is 0 Å². The molecule has 1 aromatic rings. The van der Waals surface area contributed by atoms with Crippen LogP contribution >= 0.6 is 0 Å². The number of carbonyl (C=O) groups is 1. The average Bonchev–Trinajstić information content (AvgIpc) is 3.36. The summed E-state index contributed by atoms with van der Waals surface area (Å²) in [6.07, 6.45) is 1.81. The van der Waals surface area contributed by atoms with Gasteiger partial charge in [-0.2, -0.15) is 0 Å². The lowest BCUT2D eigenvalue weighted by molar-refractivity contribution is -0.167. The molecule has 0 saturated heterocycles. The number of ether oxygens (including phenoxy) is 2. The van der Waals surface area contributed by atoms with Crippen LogP contribution in [-0.2, 0) is 14.3 Å². The third kappa shape index (κ3) is 4.56. The third-order valence-electron chi connectivity index (χ3n) is 4.25.